The maximum Gasteiger partial charge on any atom is 0.133 e. The second-order valence-electron chi connectivity index (χ2n) is 14.7. The van der Waals surface area contributed by atoms with Crippen LogP contribution in [-0.4, -0.2) is 11.0 Å². The van der Waals surface area contributed by atoms with Crippen LogP contribution >= 0.6 is 0 Å². The molecule has 254 valence electrons. The van der Waals surface area contributed by atoms with Gasteiger partial charge in [-0.3, -0.25) is 0 Å². The zero-order chi connectivity index (χ0) is 35.3. The van der Waals surface area contributed by atoms with E-state index >= 15 is 0 Å². The summed E-state index contributed by atoms with van der Waals surface area (Å²) >= 11 is 0. The number of hydrogen-bond donors (Lipinski definition) is 0. The van der Waals surface area contributed by atoms with Crippen LogP contribution in [0.3, 0.4) is 0 Å². The summed E-state index contributed by atoms with van der Waals surface area (Å²) in [5, 5.41) is 5.16. The minimum atomic E-state index is -0.0159. The SMILES string of the molecule is CC(C)C1=CC(N(c2ccccc2)c2ccccn2)C2=CCc3c(C(C)C)cc(N(c4ccccc4)c4ccc5ccccc5c4)c4ccc1c2c34. The number of anilines is 5. The fourth-order valence-electron chi connectivity index (χ4n) is 8.54. The van der Waals surface area contributed by atoms with Gasteiger partial charge in [-0.15, -0.1) is 0 Å². The monoisotopic (exact) mass is 673 g/mol. The molecular weight excluding hydrogens is 631 g/mol. The summed E-state index contributed by atoms with van der Waals surface area (Å²) in [7, 11) is 0. The molecule has 0 N–H and O–H groups in total. The zero-order valence-corrected chi connectivity index (χ0v) is 30.3. The fourth-order valence-corrected chi connectivity index (χ4v) is 8.54. The lowest BCUT2D eigenvalue weighted by molar-refractivity contribution is 0.829. The normalized spacial score (nSPS) is 14.8. The minimum Gasteiger partial charge on any atom is -0.315 e. The summed E-state index contributed by atoms with van der Waals surface area (Å²) in [6.07, 6.45) is 7.82. The number of rotatable bonds is 8. The lowest BCUT2D eigenvalue weighted by atomic mass is 9.72. The van der Waals surface area contributed by atoms with Crippen LogP contribution in [0.2, 0.25) is 0 Å². The molecule has 0 bridgehead atoms. The van der Waals surface area contributed by atoms with Crippen LogP contribution in [0.25, 0.3) is 32.7 Å². The molecule has 9 rings (SSSR count). The summed E-state index contributed by atoms with van der Waals surface area (Å²) < 4.78 is 0. The van der Waals surface area contributed by atoms with Gasteiger partial charge in [0, 0.05) is 28.6 Å². The van der Waals surface area contributed by atoms with Gasteiger partial charge in [-0.25, -0.2) is 4.98 Å². The number of hydrogen-bond acceptors (Lipinski definition) is 3. The van der Waals surface area contributed by atoms with Crippen molar-refractivity contribution in [2.45, 2.75) is 46.1 Å². The van der Waals surface area contributed by atoms with Crippen molar-refractivity contribution in [3.05, 3.63) is 180 Å². The summed E-state index contributed by atoms with van der Waals surface area (Å²) in [6, 6.07) is 50.7. The van der Waals surface area contributed by atoms with Crippen molar-refractivity contribution in [2.24, 2.45) is 5.92 Å². The molecule has 3 nitrogen and oxygen atoms in total. The number of fused-ring (bicyclic) bond motifs is 1. The molecule has 1 heterocycles. The summed E-state index contributed by atoms with van der Waals surface area (Å²) in [5.41, 5.74) is 13.0. The summed E-state index contributed by atoms with van der Waals surface area (Å²) in [5.74, 6) is 1.64. The van der Waals surface area contributed by atoms with Crippen LogP contribution < -0.4 is 9.80 Å². The smallest absolute Gasteiger partial charge is 0.133 e. The maximum absolute atomic E-state index is 4.93. The first-order chi connectivity index (χ1) is 25.5. The quantitative estimate of drug-likeness (QED) is 0.160. The van der Waals surface area contributed by atoms with Crippen LogP contribution in [0.4, 0.5) is 28.6 Å². The van der Waals surface area contributed by atoms with Gasteiger partial charge in [0.15, 0.2) is 0 Å². The summed E-state index contributed by atoms with van der Waals surface area (Å²) in [4.78, 5) is 9.84. The molecule has 0 aliphatic heterocycles. The van der Waals surface area contributed by atoms with E-state index in [1.807, 2.05) is 12.3 Å². The third-order valence-electron chi connectivity index (χ3n) is 10.9. The third-order valence-corrected chi connectivity index (χ3v) is 10.9. The molecule has 2 aliphatic carbocycles. The molecule has 0 radical (unpaired) electrons. The highest BCUT2D eigenvalue weighted by molar-refractivity contribution is 6.12. The molecular formula is C49H43N3. The van der Waals surface area contributed by atoms with Crippen LogP contribution in [0.15, 0.2) is 158 Å². The average Bonchev–Trinajstić information content (AvgIpc) is 3.18. The van der Waals surface area contributed by atoms with E-state index < -0.39 is 0 Å². The largest absolute Gasteiger partial charge is 0.315 e. The van der Waals surface area contributed by atoms with Gasteiger partial charge in [0.1, 0.15) is 5.82 Å². The van der Waals surface area contributed by atoms with E-state index in [0.717, 1.165) is 29.3 Å². The number of nitrogens with zero attached hydrogens (tertiary/aromatic N) is 3. The molecule has 1 aromatic heterocycles. The molecule has 2 aliphatic rings. The van der Waals surface area contributed by atoms with Crippen molar-refractivity contribution >= 4 is 61.3 Å². The molecule has 0 spiro atoms. The fraction of sp³-hybridized carbons (Fsp3) is 0.163. The predicted octanol–water partition coefficient (Wildman–Crippen LogP) is 13.2. The Kier molecular flexibility index (Phi) is 8.00. The number of allylic oxidation sites excluding steroid dienone is 2. The van der Waals surface area contributed by atoms with E-state index in [4.69, 9.17) is 4.98 Å². The highest BCUT2D eigenvalue weighted by atomic mass is 15.2. The molecule has 52 heavy (non-hydrogen) atoms. The topological polar surface area (TPSA) is 19.4 Å². The Labute approximate surface area is 307 Å². The van der Waals surface area contributed by atoms with E-state index in [1.54, 1.807) is 0 Å². The van der Waals surface area contributed by atoms with Crippen LogP contribution in [0.5, 0.6) is 0 Å². The first-order valence-electron chi connectivity index (χ1n) is 18.6. The third kappa shape index (κ3) is 5.31. The molecule has 7 aromatic rings. The van der Waals surface area contributed by atoms with Gasteiger partial charge in [-0.1, -0.05) is 125 Å². The molecule has 1 unspecified atom stereocenters. The summed E-state index contributed by atoms with van der Waals surface area (Å²) in [6.45, 7) is 9.36. The molecule has 0 amide bonds. The van der Waals surface area contributed by atoms with Gasteiger partial charge < -0.3 is 9.80 Å². The Hall–Kier alpha value is -5.93. The molecule has 0 fully saturated rings. The van der Waals surface area contributed by atoms with Crippen molar-refractivity contribution < 1.29 is 0 Å². The van der Waals surface area contributed by atoms with Crippen molar-refractivity contribution in [1.82, 2.24) is 4.98 Å². The molecule has 0 saturated heterocycles. The van der Waals surface area contributed by atoms with E-state index in [1.165, 1.54) is 60.6 Å². The first-order valence-corrected chi connectivity index (χ1v) is 18.6. The molecule has 3 heteroatoms. The first kappa shape index (κ1) is 32.0. The second-order valence-corrected chi connectivity index (χ2v) is 14.7. The van der Waals surface area contributed by atoms with Crippen molar-refractivity contribution in [3.63, 3.8) is 0 Å². The minimum absolute atomic E-state index is 0.0159. The van der Waals surface area contributed by atoms with Gasteiger partial charge in [0.2, 0.25) is 0 Å². The molecule has 0 saturated carbocycles. The Morgan fingerprint density at radius 1 is 0.635 bits per heavy atom. The van der Waals surface area contributed by atoms with Crippen molar-refractivity contribution in [1.29, 1.82) is 0 Å². The van der Waals surface area contributed by atoms with Gasteiger partial charge in [0.05, 0.1) is 11.7 Å². The maximum atomic E-state index is 4.93. The number of para-hydroxylation sites is 2. The van der Waals surface area contributed by atoms with E-state index in [9.17, 15) is 0 Å². The van der Waals surface area contributed by atoms with Gasteiger partial charge in [-0.05, 0) is 122 Å². The lowest BCUT2D eigenvalue weighted by Gasteiger charge is -2.40. The molecule has 6 aromatic carbocycles. The van der Waals surface area contributed by atoms with E-state index in [0.29, 0.717) is 11.8 Å². The number of benzene rings is 6. The molecule has 1 atom stereocenters. The standard InChI is InChI=1S/C49H43N3/c1-32(2)43-30-45(51(36-17-7-5-8-18-36)38-23-22-34-15-11-12-16-35(34)29-38)41-26-24-40-44(33(3)4)31-46(42-27-25-39(43)48(41)49(40)42)52(37-19-9-6-10-20-37)47-21-13-14-28-50-47/h5-24,26-33,46H,25H2,1-4H3. The lowest BCUT2D eigenvalue weighted by Crippen LogP contribution is -2.35. The van der Waals surface area contributed by atoms with Gasteiger partial charge >= 0.3 is 0 Å². The van der Waals surface area contributed by atoms with Crippen LogP contribution in [0, 0.1) is 5.92 Å². The van der Waals surface area contributed by atoms with E-state index in [2.05, 4.69) is 183 Å². The highest BCUT2D eigenvalue weighted by Gasteiger charge is 2.36. The Morgan fingerprint density at radius 2 is 1.35 bits per heavy atom. The number of aromatic nitrogens is 1. The van der Waals surface area contributed by atoms with Crippen molar-refractivity contribution in [3.8, 4) is 0 Å². The Bertz CT molecular complexity index is 2460. The van der Waals surface area contributed by atoms with E-state index in [-0.39, 0.29) is 6.04 Å². The number of pyridine rings is 1. The Morgan fingerprint density at radius 3 is 2.06 bits per heavy atom. The predicted molar refractivity (Wildman–Crippen MR) is 221 cm³/mol. The van der Waals surface area contributed by atoms with Gasteiger partial charge in [-0.2, -0.15) is 0 Å². The Balaban J connectivity index is 1.34. The van der Waals surface area contributed by atoms with Crippen LogP contribution in [-0.2, 0) is 6.42 Å². The second kappa shape index (κ2) is 13.0. The van der Waals surface area contributed by atoms with Gasteiger partial charge in [0.25, 0.3) is 0 Å². The average molecular weight is 674 g/mol. The van der Waals surface area contributed by atoms with Crippen LogP contribution in [0.1, 0.15) is 55.9 Å². The van der Waals surface area contributed by atoms with Crippen molar-refractivity contribution in [2.75, 3.05) is 9.80 Å². The highest BCUT2D eigenvalue weighted by Crippen LogP contribution is 2.52. The zero-order valence-electron chi connectivity index (χ0n) is 30.3.